The second-order valence-electron chi connectivity index (χ2n) is 8.85. The Kier molecular flexibility index (Phi) is 4.34. The van der Waals surface area contributed by atoms with Crippen LogP contribution in [-0.2, 0) is 4.74 Å². The normalized spacial score (nSPS) is 34.6. The minimum atomic E-state index is -0.235. The van der Waals surface area contributed by atoms with Gasteiger partial charge in [0.1, 0.15) is 6.10 Å². The monoisotopic (exact) mass is 363 g/mol. The van der Waals surface area contributed by atoms with Crippen molar-refractivity contribution < 1.29 is 9.53 Å². The summed E-state index contributed by atoms with van der Waals surface area (Å²) in [7, 11) is 0. The van der Waals surface area contributed by atoms with Crippen LogP contribution in [0.1, 0.15) is 61.7 Å². The van der Waals surface area contributed by atoms with E-state index in [1.165, 1.54) is 44.9 Å². The third-order valence-corrected chi connectivity index (χ3v) is 7.44. The van der Waals surface area contributed by atoms with E-state index < -0.39 is 0 Å². The van der Waals surface area contributed by atoms with Gasteiger partial charge in [-0.2, -0.15) is 0 Å². The number of nitrogen functional groups attached to an aromatic ring is 1. The molecule has 3 nitrogen and oxygen atoms in total. The SMILES string of the molecule is Nc1cccc(C(=O)OC2CCC3C4CCC5CCCCC5=C4C=CC23)c1. The van der Waals surface area contributed by atoms with Crippen LogP contribution in [0.5, 0.6) is 0 Å². The zero-order chi connectivity index (χ0) is 18.4. The molecule has 5 atom stereocenters. The van der Waals surface area contributed by atoms with Crippen LogP contribution in [0.15, 0.2) is 47.6 Å². The van der Waals surface area contributed by atoms with Crippen molar-refractivity contribution in [2.45, 2.75) is 57.5 Å². The fourth-order valence-corrected chi connectivity index (χ4v) is 6.21. The van der Waals surface area contributed by atoms with Gasteiger partial charge in [0.15, 0.2) is 0 Å². The molecule has 0 saturated heterocycles. The van der Waals surface area contributed by atoms with Crippen LogP contribution in [0, 0.1) is 23.7 Å². The van der Waals surface area contributed by atoms with Gasteiger partial charge in [-0.3, -0.25) is 0 Å². The number of hydrogen-bond donors (Lipinski definition) is 1. The summed E-state index contributed by atoms with van der Waals surface area (Å²) in [6.45, 7) is 0. The Bertz CT molecular complexity index is 808. The molecule has 2 saturated carbocycles. The number of rotatable bonds is 2. The highest BCUT2D eigenvalue weighted by Crippen LogP contribution is 2.53. The Hall–Kier alpha value is -2.03. The van der Waals surface area contributed by atoms with Crippen LogP contribution in [0.25, 0.3) is 0 Å². The van der Waals surface area contributed by atoms with E-state index in [1.54, 1.807) is 29.3 Å². The molecule has 0 spiro atoms. The predicted octanol–water partition coefficient (Wildman–Crippen LogP) is 5.29. The van der Waals surface area contributed by atoms with Gasteiger partial charge < -0.3 is 10.5 Å². The zero-order valence-electron chi connectivity index (χ0n) is 15.9. The third kappa shape index (κ3) is 3.01. The van der Waals surface area contributed by atoms with E-state index in [4.69, 9.17) is 10.5 Å². The number of benzene rings is 1. The Morgan fingerprint density at radius 1 is 1.07 bits per heavy atom. The largest absolute Gasteiger partial charge is 0.458 e. The topological polar surface area (TPSA) is 52.3 Å². The number of carbonyl (C=O) groups excluding carboxylic acids is 1. The van der Waals surface area contributed by atoms with Crippen molar-refractivity contribution in [2.24, 2.45) is 23.7 Å². The summed E-state index contributed by atoms with van der Waals surface area (Å²) in [5, 5.41) is 0. The average molecular weight is 364 g/mol. The number of nitrogens with two attached hydrogens (primary N) is 1. The first-order chi connectivity index (χ1) is 13.2. The molecule has 0 bridgehead atoms. The Morgan fingerprint density at radius 3 is 2.89 bits per heavy atom. The lowest BCUT2D eigenvalue weighted by atomic mass is 9.63. The molecule has 27 heavy (non-hydrogen) atoms. The van der Waals surface area contributed by atoms with Gasteiger partial charge in [0, 0.05) is 11.6 Å². The minimum absolute atomic E-state index is 0.0100. The van der Waals surface area contributed by atoms with Crippen molar-refractivity contribution in [3.05, 3.63) is 53.1 Å². The van der Waals surface area contributed by atoms with E-state index in [9.17, 15) is 4.79 Å². The lowest BCUT2D eigenvalue weighted by Gasteiger charge is -2.42. The van der Waals surface area contributed by atoms with Gasteiger partial charge in [-0.1, -0.05) is 30.2 Å². The molecule has 3 heteroatoms. The van der Waals surface area contributed by atoms with Crippen molar-refractivity contribution >= 4 is 11.7 Å². The number of allylic oxidation sites excluding steroid dienone is 3. The Balaban J connectivity index is 1.36. The van der Waals surface area contributed by atoms with Crippen molar-refractivity contribution in [3.63, 3.8) is 0 Å². The van der Waals surface area contributed by atoms with Gasteiger partial charge in [-0.05, 0) is 86.5 Å². The number of fused-ring (bicyclic) bond motifs is 4. The predicted molar refractivity (Wildman–Crippen MR) is 107 cm³/mol. The molecule has 4 aliphatic carbocycles. The molecule has 0 radical (unpaired) electrons. The first-order valence-corrected chi connectivity index (χ1v) is 10.7. The fraction of sp³-hybridized carbons (Fsp3) is 0.542. The molecule has 0 aliphatic heterocycles. The van der Waals surface area contributed by atoms with Crippen molar-refractivity contribution in [2.75, 3.05) is 5.73 Å². The van der Waals surface area contributed by atoms with E-state index in [0.29, 0.717) is 29.0 Å². The van der Waals surface area contributed by atoms with Gasteiger partial charge >= 0.3 is 5.97 Å². The number of ether oxygens (including phenoxy) is 1. The minimum Gasteiger partial charge on any atom is -0.458 e. The molecule has 2 fully saturated rings. The van der Waals surface area contributed by atoms with E-state index in [1.807, 2.05) is 6.07 Å². The van der Waals surface area contributed by atoms with Crippen LogP contribution in [0.2, 0.25) is 0 Å². The molecular formula is C24H29NO2. The zero-order valence-corrected chi connectivity index (χ0v) is 15.9. The van der Waals surface area contributed by atoms with Crippen LogP contribution in [-0.4, -0.2) is 12.1 Å². The molecule has 0 amide bonds. The molecule has 1 aromatic carbocycles. The summed E-state index contributed by atoms with van der Waals surface area (Å²) >= 11 is 0. The van der Waals surface area contributed by atoms with Gasteiger partial charge in [0.2, 0.25) is 0 Å². The van der Waals surface area contributed by atoms with Crippen LogP contribution in [0.3, 0.4) is 0 Å². The van der Waals surface area contributed by atoms with E-state index in [2.05, 4.69) is 12.2 Å². The fourth-order valence-electron chi connectivity index (χ4n) is 6.21. The highest BCUT2D eigenvalue weighted by Gasteiger charge is 2.46. The molecule has 4 aliphatic rings. The summed E-state index contributed by atoms with van der Waals surface area (Å²) in [5.74, 6) is 2.34. The lowest BCUT2D eigenvalue weighted by molar-refractivity contribution is 0.0213. The van der Waals surface area contributed by atoms with Gasteiger partial charge in [0.25, 0.3) is 0 Å². The quantitative estimate of drug-likeness (QED) is 0.574. The molecule has 0 aromatic heterocycles. The summed E-state index contributed by atoms with van der Waals surface area (Å²) in [6, 6.07) is 7.10. The molecule has 142 valence electrons. The Morgan fingerprint density at radius 2 is 2.00 bits per heavy atom. The van der Waals surface area contributed by atoms with E-state index in [-0.39, 0.29) is 12.1 Å². The van der Waals surface area contributed by atoms with Crippen molar-refractivity contribution in [3.8, 4) is 0 Å². The summed E-state index contributed by atoms with van der Waals surface area (Å²) in [5.41, 5.74) is 10.4. The van der Waals surface area contributed by atoms with Gasteiger partial charge in [0.05, 0.1) is 5.56 Å². The number of esters is 1. The molecular weight excluding hydrogens is 334 g/mol. The lowest BCUT2D eigenvalue weighted by Crippen LogP contribution is -2.34. The molecule has 5 rings (SSSR count). The first-order valence-electron chi connectivity index (χ1n) is 10.7. The maximum Gasteiger partial charge on any atom is 0.338 e. The molecule has 2 N–H and O–H groups in total. The van der Waals surface area contributed by atoms with Gasteiger partial charge in [-0.15, -0.1) is 0 Å². The third-order valence-electron chi connectivity index (χ3n) is 7.44. The van der Waals surface area contributed by atoms with Crippen LogP contribution >= 0.6 is 0 Å². The summed E-state index contributed by atoms with van der Waals surface area (Å²) in [6.07, 6.45) is 15.1. The van der Waals surface area contributed by atoms with E-state index in [0.717, 1.165) is 12.3 Å². The molecule has 1 aromatic rings. The van der Waals surface area contributed by atoms with Crippen molar-refractivity contribution in [1.29, 1.82) is 0 Å². The maximum atomic E-state index is 12.6. The smallest absolute Gasteiger partial charge is 0.338 e. The highest BCUT2D eigenvalue weighted by molar-refractivity contribution is 5.90. The second kappa shape index (κ2) is 6.85. The van der Waals surface area contributed by atoms with Crippen LogP contribution in [0.4, 0.5) is 5.69 Å². The Labute approximate surface area is 161 Å². The highest BCUT2D eigenvalue weighted by atomic mass is 16.5. The first kappa shape index (κ1) is 17.1. The number of anilines is 1. The van der Waals surface area contributed by atoms with Crippen molar-refractivity contribution in [1.82, 2.24) is 0 Å². The van der Waals surface area contributed by atoms with E-state index >= 15 is 0 Å². The maximum absolute atomic E-state index is 12.6. The average Bonchev–Trinajstić information content (AvgIpc) is 3.11. The summed E-state index contributed by atoms with van der Waals surface area (Å²) in [4.78, 5) is 12.6. The van der Waals surface area contributed by atoms with Crippen LogP contribution < -0.4 is 5.73 Å². The standard InChI is InChI=1S/C24H29NO2/c25-17-6-3-5-16(14-17)24(26)27-23-13-12-21-20-9-8-15-4-1-2-7-18(15)19(20)10-11-22(21)23/h3,5-6,10-11,14-15,20-23H,1-2,4,7-9,12-13,25H2. The number of hydrogen-bond acceptors (Lipinski definition) is 3. The number of carbonyl (C=O) groups is 1. The second-order valence-corrected chi connectivity index (χ2v) is 8.85. The van der Waals surface area contributed by atoms with Gasteiger partial charge in [-0.25, -0.2) is 4.79 Å². The molecule has 0 heterocycles. The summed E-state index contributed by atoms with van der Waals surface area (Å²) < 4.78 is 5.95. The molecule has 5 unspecified atom stereocenters.